The van der Waals surface area contributed by atoms with E-state index in [0.717, 1.165) is 37.5 Å². The highest BCUT2D eigenvalue weighted by Crippen LogP contribution is 2.19. The molecule has 3 heteroatoms. The van der Waals surface area contributed by atoms with Crippen LogP contribution in [0.25, 0.3) is 0 Å². The molecule has 0 aliphatic rings. The van der Waals surface area contributed by atoms with Crippen LogP contribution >= 0.6 is 0 Å². The van der Waals surface area contributed by atoms with Crippen LogP contribution in [0.3, 0.4) is 0 Å². The van der Waals surface area contributed by atoms with Gasteiger partial charge in [0.1, 0.15) is 6.61 Å². The Labute approximate surface area is 174 Å². The summed E-state index contributed by atoms with van der Waals surface area (Å²) in [4.78, 5) is 11.3. The molecule has 28 heavy (non-hydrogen) atoms. The summed E-state index contributed by atoms with van der Waals surface area (Å²) in [5.41, 5.74) is 4.22. The predicted octanol–water partition coefficient (Wildman–Crippen LogP) is 7.37. The summed E-state index contributed by atoms with van der Waals surface area (Å²) < 4.78 is 5.07. The minimum atomic E-state index is -0.401. The number of carbonyl (C=O) groups is 1. The molecule has 0 aromatic carbocycles. The first-order valence-corrected chi connectivity index (χ1v) is 10.7. The zero-order valence-corrected chi connectivity index (χ0v) is 19.1. The van der Waals surface area contributed by atoms with Crippen LogP contribution in [0, 0.1) is 11.8 Å². The Bertz CT molecular complexity index is 541. The third-order valence-corrected chi connectivity index (χ3v) is 5.23. The first-order valence-electron chi connectivity index (χ1n) is 10.7. The Balaban J connectivity index is 4.02. The van der Waals surface area contributed by atoms with Crippen molar-refractivity contribution in [2.45, 2.75) is 80.1 Å². The highest BCUT2D eigenvalue weighted by Gasteiger charge is 2.06. The van der Waals surface area contributed by atoms with Gasteiger partial charge in [-0.05, 0) is 77.2 Å². The van der Waals surface area contributed by atoms with Crippen LogP contribution in [-0.2, 0) is 4.74 Å². The second-order valence-electron chi connectivity index (χ2n) is 8.26. The number of carbonyl (C=O) groups excluding carboxylic acids is 1. The zero-order chi connectivity index (χ0) is 21.4. The van der Waals surface area contributed by atoms with Crippen LogP contribution < -0.4 is 5.32 Å². The first kappa shape index (κ1) is 26.2. The van der Waals surface area contributed by atoms with Crippen molar-refractivity contribution >= 4 is 6.09 Å². The van der Waals surface area contributed by atoms with Gasteiger partial charge in [-0.3, -0.25) is 0 Å². The average molecular weight is 390 g/mol. The third-order valence-electron chi connectivity index (χ3n) is 5.23. The summed E-state index contributed by atoms with van der Waals surface area (Å²) in [6.07, 6.45) is 14.7. The van der Waals surface area contributed by atoms with Gasteiger partial charge in [0.25, 0.3) is 0 Å². The predicted molar refractivity (Wildman–Crippen MR) is 123 cm³/mol. The van der Waals surface area contributed by atoms with Gasteiger partial charge in [-0.1, -0.05) is 55.7 Å². The van der Waals surface area contributed by atoms with Gasteiger partial charge < -0.3 is 10.1 Å². The molecule has 0 aliphatic heterocycles. The molecule has 0 fully saturated rings. The fourth-order valence-electron chi connectivity index (χ4n) is 2.65. The molecule has 0 heterocycles. The van der Waals surface area contributed by atoms with Crippen LogP contribution in [0.2, 0.25) is 0 Å². The van der Waals surface area contributed by atoms with Gasteiger partial charge in [-0.15, -0.1) is 6.58 Å². The molecule has 1 amide bonds. The Hall–Kier alpha value is -1.77. The van der Waals surface area contributed by atoms with Crippen molar-refractivity contribution in [3.05, 3.63) is 47.6 Å². The topological polar surface area (TPSA) is 38.3 Å². The molecule has 0 aromatic rings. The average Bonchev–Trinajstić information content (AvgIpc) is 2.64. The molecule has 1 unspecified atom stereocenters. The van der Waals surface area contributed by atoms with E-state index in [0.29, 0.717) is 13.2 Å². The molecular formula is C25H43NO2. The lowest BCUT2D eigenvalue weighted by molar-refractivity contribution is 0.159. The van der Waals surface area contributed by atoms with E-state index in [2.05, 4.69) is 65.6 Å². The maximum atomic E-state index is 11.3. The standard InChI is InChI=1S/C25H43NO2/c1-8-18-26-25(27)28-19-17-23(6)14-10-12-21(4)11-9-13-22(5)15-16-24(7)20(2)3/h8,12-13,17,20,24H,1,9-11,14-16,18-19H2,2-7H3,(H,26,27). The summed E-state index contributed by atoms with van der Waals surface area (Å²) in [5.74, 6) is 1.57. The molecule has 3 nitrogen and oxygen atoms in total. The molecule has 0 radical (unpaired) electrons. The van der Waals surface area contributed by atoms with E-state index in [1.165, 1.54) is 29.6 Å². The number of ether oxygens (including phenoxy) is 1. The van der Waals surface area contributed by atoms with Crippen molar-refractivity contribution < 1.29 is 9.53 Å². The Morgan fingerprint density at radius 3 is 2.00 bits per heavy atom. The maximum Gasteiger partial charge on any atom is 0.407 e. The van der Waals surface area contributed by atoms with E-state index in [-0.39, 0.29) is 0 Å². The van der Waals surface area contributed by atoms with Gasteiger partial charge in [0.2, 0.25) is 0 Å². The Morgan fingerprint density at radius 2 is 1.46 bits per heavy atom. The number of rotatable bonds is 14. The summed E-state index contributed by atoms with van der Waals surface area (Å²) in [7, 11) is 0. The molecule has 0 bridgehead atoms. The van der Waals surface area contributed by atoms with Crippen LogP contribution in [0.5, 0.6) is 0 Å². The molecule has 0 rings (SSSR count). The van der Waals surface area contributed by atoms with Crippen LogP contribution in [0.4, 0.5) is 4.79 Å². The number of nitrogens with one attached hydrogen (secondary N) is 1. The lowest BCUT2D eigenvalue weighted by Gasteiger charge is -2.15. The molecule has 160 valence electrons. The number of amides is 1. The van der Waals surface area contributed by atoms with Crippen LogP contribution in [-0.4, -0.2) is 19.2 Å². The number of allylic oxidation sites excluding steroid dienone is 5. The van der Waals surface area contributed by atoms with Crippen molar-refractivity contribution in [2.75, 3.05) is 13.2 Å². The minimum Gasteiger partial charge on any atom is -0.445 e. The van der Waals surface area contributed by atoms with Crippen LogP contribution in [0.15, 0.2) is 47.6 Å². The van der Waals surface area contributed by atoms with Gasteiger partial charge in [0.15, 0.2) is 0 Å². The highest BCUT2D eigenvalue weighted by molar-refractivity contribution is 5.67. The van der Waals surface area contributed by atoms with Gasteiger partial charge in [0, 0.05) is 6.54 Å². The lowest BCUT2D eigenvalue weighted by atomic mass is 9.91. The fourth-order valence-corrected chi connectivity index (χ4v) is 2.65. The largest absolute Gasteiger partial charge is 0.445 e. The van der Waals surface area contributed by atoms with E-state index >= 15 is 0 Å². The second-order valence-corrected chi connectivity index (χ2v) is 8.26. The smallest absolute Gasteiger partial charge is 0.407 e. The summed E-state index contributed by atoms with van der Waals surface area (Å²) in [6.45, 7) is 17.8. The number of alkyl carbamates (subject to hydrolysis) is 1. The van der Waals surface area contributed by atoms with E-state index < -0.39 is 6.09 Å². The summed E-state index contributed by atoms with van der Waals surface area (Å²) in [5, 5.41) is 2.59. The third kappa shape index (κ3) is 15.3. The van der Waals surface area contributed by atoms with Crippen molar-refractivity contribution in [3.8, 4) is 0 Å². The van der Waals surface area contributed by atoms with Gasteiger partial charge in [-0.25, -0.2) is 4.79 Å². The van der Waals surface area contributed by atoms with Crippen molar-refractivity contribution in [1.82, 2.24) is 5.32 Å². The zero-order valence-electron chi connectivity index (χ0n) is 19.1. The van der Waals surface area contributed by atoms with Crippen LogP contribution in [0.1, 0.15) is 80.1 Å². The molecule has 0 aromatic heterocycles. The number of hydrogen-bond acceptors (Lipinski definition) is 2. The molecule has 1 atom stereocenters. The molecule has 1 N–H and O–H groups in total. The van der Waals surface area contributed by atoms with E-state index in [4.69, 9.17) is 4.74 Å². The normalized spacial score (nSPS) is 14.2. The van der Waals surface area contributed by atoms with Gasteiger partial charge in [0.05, 0.1) is 0 Å². The maximum absolute atomic E-state index is 11.3. The van der Waals surface area contributed by atoms with Crippen molar-refractivity contribution in [2.24, 2.45) is 11.8 Å². The Morgan fingerprint density at radius 1 is 0.929 bits per heavy atom. The molecule has 0 saturated carbocycles. The van der Waals surface area contributed by atoms with E-state index in [1.807, 2.05) is 6.08 Å². The number of hydrogen-bond donors (Lipinski definition) is 1. The van der Waals surface area contributed by atoms with Crippen molar-refractivity contribution in [1.29, 1.82) is 0 Å². The lowest BCUT2D eigenvalue weighted by Crippen LogP contribution is -2.24. The molecule has 0 saturated heterocycles. The Kier molecular flexibility index (Phi) is 15.2. The SMILES string of the molecule is C=CCNC(=O)OCC=C(C)CCC=C(C)CCC=C(C)CCC(C)C(C)C. The summed E-state index contributed by atoms with van der Waals surface area (Å²) in [6, 6.07) is 0. The first-order chi connectivity index (χ1) is 13.3. The fraction of sp³-hybridized carbons (Fsp3) is 0.640. The highest BCUT2D eigenvalue weighted by atomic mass is 16.5. The molecular weight excluding hydrogens is 346 g/mol. The quantitative estimate of drug-likeness (QED) is 0.315. The van der Waals surface area contributed by atoms with E-state index in [1.54, 1.807) is 6.08 Å². The molecule has 0 aliphatic carbocycles. The van der Waals surface area contributed by atoms with E-state index in [9.17, 15) is 4.79 Å². The second kappa shape index (κ2) is 16.2. The monoisotopic (exact) mass is 389 g/mol. The molecule has 0 spiro atoms. The summed E-state index contributed by atoms with van der Waals surface area (Å²) >= 11 is 0. The minimum absolute atomic E-state index is 0.316. The van der Waals surface area contributed by atoms with Gasteiger partial charge in [-0.2, -0.15) is 0 Å². The van der Waals surface area contributed by atoms with Crippen molar-refractivity contribution in [3.63, 3.8) is 0 Å². The van der Waals surface area contributed by atoms with Gasteiger partial charge >= 0.3 is 6.09 Å².